The van der Waals surface area contributed by atoms with Crippen molar-refractivity contribution in [3.63, 3.8) is 0 Å². The van der Waals surface area contributed by atoms with Gasteiger partial charge in [-0.15, -0.1) is 12.4 Å². The molecule has 4 rings (SSSR count). The molecule has 2 unspecified atom stereocenters. The minimum atomic E-state index is -0.263. The van der Waals surface area contributed by atoms with E-state index in [9.17, 15) is 4.39 Å². The van der Waals surface area contributed by atoms with Gasteiger partial charge in [0.2, 0.25) is 5.95 Å². The monoisotopic (exact) mass is 398 g/mol. The van der Waals surface area contributed by atoms with Crippen LogP contribution in [0.15, 0.2) is 48.5 Å². The smallest absolute Gasteiger partial charge is 0.227 e. The molecule has 1 aliphatic rings. The van der Waals surface area contributed by atoms with Gasteiger partial charge in [0.05, 0.1) is 5.69 Å². The van der Waals surface area contributed by atoms with Crippen molar-refractivity contribution in [3.8, 4) is 0 Å². The second kappa shape index (κ2) is 8.25. The number of anilines is 2. The zero-order valence-electron chi connectivity index (χ0n) is 16.2. The number of halogens is 2. The molecule has 0 bridgehead atoms. The van der Waals surface area contributed by atoms with Crippen molar-refractivity contribution in [1.29, 1.82) is 0 Å². The molecule has 2 atom stereocenters. The average Bonchev–Trinajstić information content (AvgIpc) is 2.67. The first-order valence-corrected chi connectivity index (χ1v) is 9.23. The van der Waals surface area contributed by atoms with Gasteiger partial charge in [-0.1, -0.05) is 24.3 Å². The summed E-state index contributed by atoms with van der Waals surface area (Å²) < 4.78 is 13.2. The van der Waals surface area contributed by atoms with Crippen LogP contribution in [0.4, 0.5) is 16.0 Å². The van der Waals surface area contributed by atoms with Crippen LogP contribution in [-0.4, -0.2) is 16.5 Å². The maximum Gasteiger partial charge on any atom is 0.227 e. The average molecular weight is 399 g/mol. The summed E-state index contributed by atoms with van der Waals surface area (Å²) in [7, 11) is 0. The molecule has 0 fully saturated rings. The Balaban J connectivity index is 0.00000225. The van der Waals surface area contributed by atoms with E-state index in [2.05, 4.69) is 53.7 Å². The van der Waals surface area contributed by atoms with Crippen LogP contribution < -0.4 is 10.6 Å². The van der Waals surface area contributed by atoms with Crippen molar-refractivity contribution in [2.75, 3.05) is 11.9 Å². The number of fused-ring (bicyclic) bond motifs is 1. The minimum absolute atomic E-state index is 0. The molecule has 1 aromatic heterocycles. The van der Waals surface area contributed by atoms with Gasteiger partial charge in [-0.05, 0) is 61.7 Å². The fourth-order valence-electron chi connectivity index (χ4n) is 3.69. The van der Waals surface area contributed by atoms with E-state index >= 15 is 0 Å². The number of aryl methyl sites for hydroxylation is 1. The van der Waals surface area contributed by atoms with E-state index in [0.29, 0.717) is 12.0 Å². The van der Waals surface area contributed by atoms with E-state index < -0.39 is 0 Å². The first kappa shape index (κ1) is 20.2. The van der Waals surface area contributed by atoms with Gasteiger partial charge in [0.25, 0.3) is 0 Å². The Bertz CT molecular complexity index is 975. The second-order valence-corrected chi connectivity index (χ2v) is 7.09. The number of nitrogens with one attached hydrogen (secondary N) is 2. The third kappa shape index (κ3) is 3.86. The van der Waals surface area contributed by atoms with Gasteiger partial charge in [0, 0.05) is 29.9 Å². The molecule has 0 saturated heterocycles. The van der Waals surface area contributed by atoms with Gasteiger partial charge in [-0.2, -0.15) is 0 Å². The zero-order chi connectivity index (χ0) is 19.0. The van der Waals surface area contributed by atoms with Crippen molar-refractivity contribution >= 4 is 24.0 Å². The van der Waals surface area contributed by atoms with E-state index in [-0.39, 0.29) is 24.1 Å². The maximum absolute atomic E-state index is 13.2. The molecule has 2 aromatic carbocycles. The predicted octanol–water partition coefficient (Wildman–Crippen LogP) is 5.19. The molecule has 28 heavy (non-hydrogen) atoms. The number of rotatable bonds is 3. The van der Waals surface area contributed by atoms with E-state index in [1.165, 1.54) is 23.3 Å². The number of hydrogen-bond acceptors (Lipinski definition) is 4. The number of hydrogen-bond donors (Lipinski definition) is 2. The zero-order valence-corrected chi connectivity index (χ0v) is 17.0. The van der Waals surface area contributed by atoms with Gasteiger partial charge in [0.15, 0.2) is 0 Å². The lowest BCUT2D eigenvalue weighted by Gasteiger charge is -2.31. The predicted molar refractivity (Wildman–Crippen MR) is 113 cm³/mol. The highest BCUT2D eigenvalue weighted by Crippen LogP contribution is 2.35. The first-order valence-electron chi connectivity index (χ1n) is 9.23. The number of aromatic nitrogens is 2. The van der Waals surface area contributed by atoms with Crippen LogP contribution in [0.3, 0.4) is 0 Å². The quantitative estimate of drug-likeness (QED) is 0.637. The van der Waals surface area contributed by atoms with Gasteiger partial charge in [0.1, 0.15) is 5.82 Å². The molecule has 3 aromatic rings. The molecule has 2 heterocycles. The van der Waals surface area contributed by atoms with Gasteiger partial charge in [-0.25, -0.2) is 14.4 Å². The Morgan fingerprint density at radius 2 is 1.68 bits per heavy atom. The number of benzene rings is 2. The first-order chi connectivity index (χ1) is 13.0. The summed E-state index contributed by atoms with van der Waals surface area (Å²) >= 11 is 0. The van der Waals surface area contributed by atoms with Gasteiger partial charge >= 0.3 is 0 Å². The molecule has 0 saturated carbocycles. The topological polar surface area (TPSA) is 49.8 Å². The summed E-state index contributed by atoms with van der Waals surface area (Å²) in [4.78, 5) is 9.42. The van der Waals surface area contributed by atoms with Crippen LogP contribution in [-0.2, 0) is 0 Å². The highest BCUT2D eigenvalue weighted by molar-refractivity contribution is 5.85. The summed E-state index contributed by atoms with van der Waals surface area (Å²) in [5, 5.41) is 6.79. The summed E-state index contributed by atoms with van der Waals surface area (Å²) in [6, 6.07) is 15.1. The molecule has 0 amide bonds. The normalized spacial score (nSPS) is 18.1. The van der Waals surface area contributed by atoms with Crippen LogP contribution >= 0.6 is 12.4 Å². The third-order valence-corrected chi connectivity index (χ3v) is 5.32. The Kier molecular flexibility index (Phi) is 5.96. The fraction of sp³-hybridized carbons (Fsp3) is 0.273. The standard InChI is InChI=1S/C22H23FN4.ClH/c1-13-14(2)25-22(26-17-10-8-16(23)9-11-17)27-21(13)20-12-24-15(3)18-6-4-5-7-19(18)20;/h4-11,15,20,24H,12H2,1-3H3,(H,25,26,27);1H. The Hall–Kier alpha value is -2.50. The van der Waals surface area contributed by atoms with Gasteiger partial charge in [-0.3, -0.25) is 0 Å². The molecular formula is C22H24ClFN4. The Morgan fingerprint density at radius 3 is 2.39 bits per heavy atom. The van der Waals surface area contributed by atoms with E-state index in [0.717, 1.165) is 29.2 Å². The summed E-state index contributed by atoms with van der Waals surface area (Å²) in [6.45, 7) is 7.11. The minimum Gasteiger partial charge on any atom is -0.324 e. The molecule has 4 nitrogen and oxygen atoms in total. The second-order valence-electron chi connectivity index (χ2n) is 7.09. The molecule has 1 aliphatic heterocycles. The van der Waals surface area contributed by atoms with Crippen molar-refractivity contribution in [3.05, 3.63) is 82.4 Å². The van der Waals surface area contributed by atoms with Crippen LogP contribution in [0.5, 0.6) is 0 Å². The lowest BCUT2D eigenvalue weighted by atomic mass is 9.83. The van der Waals surface area contributed by atoms with E-state index in [1.54, 1.807) is 12.1 Å². The Morgan fingerprint density at radius 1 is 1.00 bits per heavy atom. The molecular weight excluding hydrogens is 375 g/mol. The molecule has 6 heteroatoms. The number of nitrogens with zero attached hydrogens (tertiary/aromatic N) is 2. The van der Waals surface area contributed by atoms with Crippen LogP contribution in [0.2, 0.25) is 0 Å². The third-order valence-electron chi connectivity index (χ3n) is 5.32. The van der Waals surface area contributed by atoms with Crippen molar-refractivity contribution in [2.45, 2.75) is 32.7 Å². The highest BCUT2D eigenvalue weighted by atomic mass is 35.5. The molecule has 0 spiro atoms. The summed E-state index contributed by atoms with van der Waals surface area (Å²) in [5.74, 6) is 0.449. The lowest BCUT2D eigenvalue weighted by molar-refractivity contribution is 0.502. The van der Waals surface area contributed by atoms with Crippen molar-refractivity contribution in [1.82, 2.24) is 15.3 Å². The van der Waals surface area contributed by atoms with E-state index in [1.807, 2.05) is 6.92 Å². The Labute approximate surface area is 171 Å². The van der Waals surface area contributed by atoms with Crippen LogP contribution in [0.1, 0.15) is 47.0 Å². The van der Waals surface area contributed by atoms with Gasteiger partial charge < -0.3 is 10.6 Å². The maximum atomic E-state index is 13.2. The van der Waals surface area contributed by atoms with Crippen molar-refractivity contribution < 1.29 is 4.39 Å². The fourth-order valence-corrected chi connectivity index (χ4v) is 3.69. The highest BCUT2D eigenvalue weighted by Gasteiger charge is 2.28. The van der Waals surface area contributed by atoms with E-state index in [4.69, 9.17) is 4.98 Å². The molecule has 0 radical (unpaired) electrons. The largest absolute Gasteiger partial charge is 0.324 e. The molecule has 2 N–H and O–H groups in total. The van der Waals surface area contributed by atoms with Crippen molar-refractivity contribution in [2.24, 2.45) is 0 Å². The molecule has 146 valence electrons. The molecule has 0 aliphatic carbocycles. The van der Waals surface area contributed by atoms with Crippen LogP contribution in [0.25, 0.3) is 0 Å². The van der Waals surface area contributed by atoms with Crippen LogP contribution in [0, 0.1) is 19.7 Å². The lowest BCUT2D eigenvalue weighted by Crippen LogP contribution is -2.33. The SMILES string of the molecule is Cc1nc(Nc2ccc(F)cc2)nc(C2CNC(C)c3ccccc32)c1C.Cl. The summed E-state index contributed by atoms with van der Waals surface area (Å²) in [5.41, 5.74) is 6.48. The summed E-state index contributed by atoms with van der Waals surface area (Å²) in [6.07, 6.45) is 0.